The summed E-state index contributed by atoms with van der Waals surface area (Å²) in [6.07, 6.45) is 1.73. The molecular weight excluding hydrogens is 416 g/mol. The van der Waals surface area contributed by atoms with Crippen LogP contribution in [0.5, 0.6) is 0 Å². The SMILES string of the molecule is O=C(Nc1ccc(Br)cc1)c1ccc2c(c1)CCCN2C(=O)c1ccccc1. The maximum Gasteiger partial charge on any atom is 0.258 e. The van der Waals surface area contributed by atoms with Crippen LogP contribution < -0.4 is 10.2 Å². The lowest BCUT2D eigenvalue weighted by atomic mass is 9.98. The highest BCUT2D eigenvalue weighted by Crippen LogP contribution is 2.29. The van der Waals surface area contributed by atoms with E-state index in [1.807, 2.05) is 71.6 Å². The maximum absolute atomic E-state index is 12.9. The van der Waals surface area contributed by atoms with E-state index in [0.29, 0.717) is 17.7 Å². The van der Waals surface area contributed by atoms with Crippen LogP contribution in [0.2, 0.25) is 0 Å². The molecule has 0 fully saturated rings. The topological polar surface area (TPSA) is 49.4 Å². The number of anilines is 2. The van der Waals surface area contributed by atoms with Crippen molar-refractivity contribution in [2.24, 2.45) is 0 Å². The molecule has 0 radical (unpaired) electrons. The molecule has 1 aliphatic heterocycles. The van der Waals surface area contributed by atoms with E-state index in [1.54, 1.807) is 6.07 Å². The van der Waals surface area contributed by atoms with Gasteiger partial charge in [-0.1, -0.05) is 34.1 Å². The van der Waals surface area contributed by atoms with Crippen LogP contribution in [0.4, 0.5) is 11.4 Å². The Morgan fingerprint density at radius 3 is 2.39 bits per heavy atom. The van der Waals surface area contributed by atoms with Crippen LogP contribution in [0.15, 0.2) is 77.3 Å². The number of nitrogens with one attached hydrogen (secondary N) is 1. The normalized spacial score (nSPS) is 13.0. The van der Waals surface area contributed by atoms with E-state index in [4.69, 9.17) is 0 Å². The van der Waals surface area contributed by atoms with E-state index in [9.17, 15) is 9.59 Å². The first-order valence-corrected chi connectivity index (χ1v) is 9.98. The molecule has 1 aliphatic rings. The minimum absolute atomic E-state index is 0.00591. The van der Waals surface area contributed by atoms with E-state index in [-0.39, 0.29) is 11.8 Å². The molecular formula is C23H19BrN2O2. The van der Waals surface area contributed by atoms with Crippen molar-refractivity contribution in [2.75, 3.05) is 16.8 Å². The van der Waals surface area contributed by atoms with Crippen LogP contribution in [0.1, 0.15) is 32.7 Å². The zero-order chi connectivity index (χ0) is 19.5. The van der Waals surface area contributed by atoms with Crippen LogP contribution in [0, 0.1) is 0 Å². The number of fused-ring (bicyclic) bond motifs is 1. The van der Waals surface area contributed by atoms with Crippen molar-refractivity contribution in [3.05, 3.63) is 94.0 Å². The summed E-state index contributed by atoms with van der Waals surface area (Å²) < 4.78 is 0.961. The number of rotatable bonds is 3. The van der Waals surface area contributed by atoms with Crippen molar-refractivity contribution in [3.8, 4) is 0 Å². The van der Waals surface area contributed by atoms with E-state index in [0.717, 1.165) is 34.3 Å². The van der Waals surface area contributed by atoms with Crippen LogP contribution in [0.25, 0.3) is 0 Å². The molecule has 4 rings (SSSR count). The summed E-state index contributed by atoms with van der Waals surface area (Å²) in [5.41, 5.74) is 3.93. The second-order valence-corrected chi connectivity index (χ2v) is 7.65. The third-order valence-electron chi connectivity index (χ3n) is 4.83. The quantitative estimate of drug-likeness (QED) is 0.608. The maximum atomic E-state index is 12.9. The molecule has 0 aromatic heterocycles. The van der Waals surface area contributed by atoms with E-state index >= 15 is 0 Å². The van der Waals surface area contributed by atoms with Crippen LogP contribution in [-0.2, 0) is 6.42 Å². The van der Waals surface area contributed by atoms with Gasteiger partial charge in [-0.2, -0.15) is 0 Å². The molecule has 4 nitrogen and oxygen atoms in total. The fraction of sp³-hybridized carbons (Fsp3) is 0.130. The van der Waals surface area contributed by atoms with Gasteiger partial charge in [0.25, 0.3) is 11.8 Å². The van der Waals surface area contributed by atoms with E-state index < -0.39 is 0 Å². The lowest BCUT2D eigenvalue weighted by Crippen LogP contribution is -2.35. The van der Waals surface area contributed by atoms with Gasteiger partial charge < -0.3 is 10.2 Å². The van der Waals surface area contributed by atoms with Crippen LogP contribution in [-0.4, -0.2) is 18.4 Å². The first-order chi connectivity index (χ1) is 13.6. The van der Waals surface area contributed by atoms with Gasteiger partial charge in [-0.15, -0.1) is 0 Å². The Labute approximate surface area is 172 Å². The molecule has 0 saturated carbocycles. The van der Waals surface area contributed by atoms with Crippen LogP contribution in [0.3, 0.4) is 0 Å². The van der Waals surface area contributed by atoms with Crippen LogP contribution >= 0.6 is 15.9 Å². The summed E-state index contributed by atoms with van der Waals surface area (Å²) in [7, 11) is 0. The van der Waals surface area contributed by atoms with Gasteiger partial charge >= 0.3 is 0 Å². The zero-order valence-electron chi connectivity index (χ0n) is 15.2. The van der Waals surface area contributed by atoms with Gasteiger partial charge in [-0.25, -0.2) is 0 Å². The fourth-order valence-electron chi connectivity index (χ4n) is 3.42. The molecule has 0 atom stereocenters. The summed E-state index contributed by atoms with van der Waals surface area (Å²) >= 11 is 3.39. The van der Waals surface area contributed by atoms with Gasteiger partial charge in [0.15, 0.2) is 0 Å². The van der Waals surface area contributed by atoms with Crippen molar-refractivity contribution in [1.29, 1.82) is 0 Å². The Hall–Kier alpha value is -2.92. The highest BCUT2D eigenvalue weighted by molar-refractivity contribution is 9.10. The number of hydrogen-bond acceptors (Lipinski definition) is 2. The highest BCUT2D eigenvalue weighted by Gasteiger charge is 2.24. The standard InChI is InChI=1S/C23H19BrN2O2/c24-19-9-11-20(12-10-19)25-22(27)18-8-13-21-17(15-18)7-4-14-26(21)23(28)16-5-2-1-3-6-16/h1-3,5-6,8-13,15H,4,7,14H2,(H,25,27). The van der Waals surface area contributed by atoms with Gasteiger partial charge in [0.05, 0.1) is 0 Å². The Bertz CT molecular complexity index is 1020. The summed E-state index contributed by atoms with van der Waals surface area (Å²) in [5.74, 6) is -0.162. The van der Waals surface area contributed by atoms with Gasteiger partial charge in [0.1, 0.15) is 0 Å². The molecule has 5 heteroatoms. The third kappa shape index (κ3) is 3.85. The number of benzene rings is 3. The van der Waals surface area contributed by atoms with E-state index in [1.165, 1.54) is 0 Å². The van der Waals surface area contributed by atoms with Gasteiger partial charge in [0.2, 0.25) is 0 Å². The minimum atomic E-state index is -0.156. The zero-order valence-corrected chi connectivity index (χ0v) is 16.8. The Morgan fingerprint density at radius 1 is 0.893 bits per heavy atom. The summed E-state index contributed by atoms with van der Waals surface area (Å²) in [5, 5.41) is 2.91. The third-order valence-corrected chi connectivity index (χ3v) is 5.36. The molecule has 28 heavy (non-hydrogen) atoms. The molecule has 1 heterocycles. The minimum Gasteiger partial charge on any atom is -0.322 e. The second-order valence-electron chi connectivity index (χ2n) is 6.73. The largest absolute Gasteiger partial charge is 0.322 e. The van der Waals surface area contributed by atoms with Crippen molar-refractivity contribution < 1.29 is 9.59 Å². The smallest absolute Gasteiger partial charge is 0.258 e. The average molecular weight is 435 g/mol. The van der Waals surface area contributed by atoms with Crippen molar-refractivity contribution in [3.63, 3.8) is 0 Å². The molecule has 140 valence electrons. The number of aryl methyl sites for hydroxylation is 1. The number of halogens is 1. The highest BCUT2D eigenvalue weighted by atomic mass is 79.9. The van der Waals surface area contributed by atoms with Crippen molar-refractivity contribution in [2.45, 2.75) is 12.8 Å². The molecule has 2 amide bonds. The lowest BCUT2D eigenvalue weighted by molar-refractivity contribution is 0.0984. The molecule has 0 spiro atoms. The number of hydrogen-bond donors (Lipinski definition) is 1. The number of carbonyl (C=O) groups excluding carboxylic acids is 2. The van der Waals surface area contributed by atoms with Crippen molar-refractivity contribution >= 4 is 39.1 Å². The second kappa shape index (κ2) is 7.98. The molecule has 0 bridgehead atoms. The molecule has 3 aromatic rings. The monoisotopic (exact) mass is 434 g/mol. The van der Waals surface area contributed by atoms with Gasteiger partial charge in [-0.3, -0.25) is 9.59 Å². The lowest BCUT2D eigenvalue weighted by Gasteiger charge is -2.30. The number of amides is 2. The van der Waals surface area contributed by atoms with E-state index in [2.05, 4.69) is 21.2 Å². The Balaban J connectivity index is 1.57. The summed E-state index contributed by atoms with van der Waals surface area (Å²) in [4.78, 5) is 27.3. The fourth-order valence-corrected chi connectivity index (χ4v) is 3.69. The molecule has 0 aliphatic carbocycles. The average Bonchev–Trinajstić information content (AvgIpc) is 2.74. The summed E-state index contributed by atoms with van der Waals surface area (Å²) in [6, 6.07) is 22.3. The van der Waals surface area contributed by atoms with Crippen molar-refractivity contribution in [1.82, 2.24) is 0 Å². The predicted molar refractivity (Wildman–Crippen MR) is 115 cm³/mol. The molecule has 0 saturated heterocycles. The van der Waals surface area contributed by atoms with Gasteiger partial charge in [-0.05, 0) is 73.0 Å². The number of nitrogens with zero attached hydrogens (tertiary/aromatic N) is 1. The number of carbonyl (C=O) groups is 2. The molecule has 0 unspecified atom stereocenters. The van der Waals surface area contributed by atoms with Gasteiger partial charge in [0, 0.05) is 33.5 Å². The Morgan fingerprint density at radius 2 is 1.64 bits per heavy atom. The predicted octanol–water partition coefficient (Wildman–Crippen LogP) is 5.29. The molecule has 3 aromatic carbocycles. The molecule has 1 N–H and O–H groups in total. The summed E-state index contributed by atoms with van der Waals surface area (Å²) in [6.45, 7) is 0.686. The first kappa shape index (κ1) is 18.4. The Kier molecular flexibility index (Phi) is 5.26. The first-order valence-electron chi connectivity index (χ1n) is 9.18.